The molecule has 0 amide bonds. The van der Waals surface area contributed by atoms with Gasteiger partial charge in [-0.15, -0.1) is 0 Å². The predicted molar refractivity (Wildman–Crippen MR) is 77.5 cm³/mol. The molecule has 0 radical (unpaired) electrons. The molecule has 0 bridgehead atoms. The zero-order valence-corrected chi connectivity index (χ0v) is 12.4. The van der Waals surface area contributed by atoms with Crippen LogP contribution in [0.4, 0.5) is 0 Å². The number of hydrogen-bond acceptors (Lipinski definition) is 3. The van der Waals surface area contributed by atoms with Crippen molar-refractivity contribution in [1.82, 2.24) is 4.90 Å². The summed E-state index contributed by atoms with van der Waals surface area (Å²) in [7, 11) is 0. The van der Waals surface area contributed by atoms with E-state index in [9.17, 15) is 5.11 Å². The van der Waals surface area contributed by atoms with Crippen LogP contribution < -0.4 is 5.73 Å². The highest BCUT2D eigenvalue weighted by atomic mass is 79.9. The number of phenolic OH excluding ortho intramolecular Hbond substituents is 1. The summed E-state index contributed by atoms with van der Waals surface area (Å²) < 4.78 is 1.00. The summed E-state index contributed by atoms with van der Waals surface area (Å²) in [6.07, 6.45) is 3.64. The minimum absolute atomic E-state index is 0.180. The number of halogens is 1. The number of likely N-dealkylation sites (tertiary alicyclic amines) is 1. The first-order valence-corrected chi connectivity index (χ1v) is 7.34. The van der Waals surface area contributed by atoms with E-state index in [1.54, 1.807) is 6.07 Å². The van der Waals surface area contributed by atoms with Gasteiger partial charge in [0.15, 0.2) is 0 Å². The SMILES string of the molecule is CC(N)C1CCCCN1Cc1cc(Br)ccc1O. The van der Waals surface area contributed by atoms with E-state index in [1.807, 2.05) is 12.1 Å². The normalized spacial score (nSPS) is 22.9. The summed E-state index contributed by atoms with van der Waals surface area (Å²) in [6, 6.07) is 6.20. The van der Waals surface area contributed by atoms with Crippen molar-refractivity contribution in [3.8, 4) is 5.75 Å². The first-order chi connectivity index (χ1) is 8.58. The van der Waals surface area contributed by atoms with Crippen molar-refractivity contribution in [2.24, 2.45) is 5.73 Å². The molecule has 2 unspecified atom stereocenters. The van der Waals surface area contributed by atoms with Crippen LogP contribution in [0.15, 0.2) is 22.7 Å². The lowest BCUT2D eigenvalue weighted by Crippen LogP contribution is -2.48. The topological polar surface area (TPSA) is 49.5 Å². The summed E-state index contributed by atoms with van der Waals surface area (Å²) in [5.74, 6) is 0.368. The van der Waals surface area contributed by atoms with Crippen molar-refractivity contribution in [3.63, 3.8) is 0 Å². The van der Waals surface area contributed by atoms with Gasteiger partial charge in [0, 0.05) is 28.7 Å². The van der Waals surface area contributed by atoms with Crippen molar-refractivity contribution in [3.05, 3.63) is 28.2 Å². The van der Waals surface area contributed by atoms with Crippen molar-refractivity contribution in [2.45, 2.75) is 44.8 Å². The fourth-order valence-electron chi connectivity index (χ4n) is 2.71. The standard InChI is InChI=1S/C14H21BrN2O/c1-10(16)13-4-2-3-7-17(13)9-11-8-12(15)5-6-14(11)18/h5-6,8,10,13,18H,2-4,7,9,16H2,1H3. The van der Waals surface area contributed by atoms with Crippen LogP contribution in [0.25, 0.3) is 0 Å². The van der Waals surface area contributed by atoms with Crippen molar-refractivity contribution >= 4 is 15.9 Å². The lowest BCUT2D eigenvalue weighted by molar-refractivity contribution is 0.122. The van der Waals surface area contributed by atoms with Crippen LogP contribution in [0.3, 0.4) is 0 Å². The number of phenols is 1. The summed E-state index contributed by atoms with van der Waals surface area (Å²) in [5.41, 5.74) is 7.04. The van der Waals surface area contributed by atoms with E-state index < -0.39 is 0 Å². The zero-order chi connectivity index (χ0) is 13.1. The molecule has 100 valence electrons. The first kappa shape index (κ1) is 13.8. The highest BCUT2D eigenvalue weighted by molar-refractivity contribution is 9.10. The van der Waals surface area contributed by atoms with Gasteiger partial charge in [-0.25, -0.2) is 0 Å². The largest absolute Gasteiger partial charge is 0.508 e. The van der Waals surface area contributed by atoms with Crippen LogP contribution in [-0.2, 0) is 6.54 Å². The zero-order valence-electron chi connectivity index (χ0n) is 10.8. The Hall–Kier alpha value is -0.580. The third-order valence-electron chi connectivity index (χ3n) is 3.69. The lowest BCUT2D eigenvalue weighted by Gasteiger charge is -2.38. The van der Waals surface area contributed by atoms with Gasteiger partial charge < -0.3 is 10.8 Å². The molecule has 0 spiro atoms. The van der Waals surface area contributed by atoms with Crippen LogP contribution in [0.5, 0.6) is 5.75 Å². The number of nitrogens with zero attached hydrogens (tertiary/aromatic N) is 1. The maximum absolute atomic E-state index is 9.91. The van der Waals surface area contributed by atoms with E-state index in [1.165, 1.54) is 12.8 Å². The monoisotopic (exact) mass is 312 g/mol. The highest BCUT2D eigenvalue weighted by Crippen LogP contribution is 2.27. The molecule has 1 heterocycles. The summed E-state index contributed by atoms with van der Waals surface area (Å²) in [6.45, 7) is 3.92. The van der Waals surface area contributed by atoms with Crippen molar-refractivity contribution in [2.75, 3.05) is 6.54 Å². The third kappa shape index (κ3) is 3.25. The average Bonchev–Trinajstić information content (AvgIpc) is 2.34. The van der Waals surface area contributed by atoms with Gasteiger partial charge in [0.2, 0.25) is 0 Å². The minimum Gasteiger partial charge on any atom is -0.508 e. The Morgan fingerprint density at radius 1 is 1.50 bits per heavy atom. The molecule has 0 aliphatic carbocycles. The van der Waals surface area contributed by atoms with E-state index in [0.29, 0.717) is 11.8 Å². The maximum atomic E-state index is 9.91. The van der Waals surface area contributed by atoms with E-state index in [-0.39, 0.29) is 6.04 Å². The van der Waals surface area contributed by atoms with Crippen LogP contribution in [-0.4, -0.2) is 28.6 Å². The second-order valence-electron chi connectivity index (χ2n) is 5.17. The molecule has 1 aliphatic rings. The summed E-state index contributed by atoms with van der Waals surface area (Å²) >= 11 is 3.45. The van der Waals surface area contributed by atoms with Crippen LogP contribution in [0.2, 0.25) is 0 Å². The summed E-state index contributed by atoms with van der Waals surface area (Å²) in [5, 5.41) is 9.91. The molecule has 3 N–H and O–H groups in total. The van der Waals surface area contributed by atoms with Gasteiger partial charge in [-0.2, -0.15) is 0 Å². The quantitative estimate of drug-likeness (QED) is 0.902. The number of hydrogen-bond donors (Lipinski definition) is 2. The molecule has 1 saturated heterocycles. The Balaban J connectivity index is 2.13. The van der Waals surface area contributed by atoms with E-state index in [4.69, 9.17) is 5.73 Å². The van der Waals surface area contributed by atoms with Gasteiger partial charge >= 0.3 is 0 Å². The smallest absolute Gasteiger partial charge is 0.120 e. The number of nitrogens with two attached hydrogens (primary N) is 1. The molecule has 1 aromatic rings. The van der Waals surface area contributed by atoms with Crippen molar-refractivity contribution in [1.29, 1.82) is 0 Å². The van der Waals surface area contributed by atoms with Crippen LogP contribution in [0.1, 0.15) is 31.7 Å². The Kier molecular flexibility index (Phi) is 4.65. The van der Waals surface area contributed by atoms with E-state index >= 15 is 0 Å². The number of aromatic hydroxyl groups is 1. The van der Waals surface area contributed by atoms with Crippen LogP contribution in [0, 0.1) is 0 Å². The van der Waals surface area contributed by atoms with E-state index in [0.717, 1.165) is 29.5 Å². The number of benzene rings is 1. The molecule has 4 heteroatoms. The van der Waals surface area contributed by atoms with Gasteiger partial charge in [-0.05, 0) is 44.5 Å². The lowest BCUT2D eigenvalue weighted by atomic mass is 9.96. The summed E-state index contributed by atoms with van der Waals surface area (Å²) in [4.78, 5) is 2.40. The molecular weight excluding hydrogens is 292 g/mol. The molecule has 18 heavy (non-hydrogen) atoms. The molecular formula is C14H21BrN2O. The van der Waals surface area contributed by atoms with Crippen molar-refractivity contribution < 1.29 is 5.11 Å². The Morgan fingerprint density at radius 3 is 3.00 bits per heavy atom. The van der Waals surface area contributed by atoms with Gasteiger partial charge in [0.05, 0.1) is 0 Å². The number of piperidine rings is 1. The highest BCUT2D eigenvalue weighted by Gasteiger charge is 2.25. The predicted octanol–water partition coefficient (Wildman–Crippen LogP) is 2.86. The second kappa shape index (κ2) is 6.04. The molecule has 1 aromatic carbocycles. The number of rotatable bonds is 3. The first-order valence-electron chi connectivity index (χ1n) is 6.55. The molecule has 0 aromatic heterocycles. The second-order valence-corrected chi connectivity index (χ2v) is 6.08. The fourth-order valence-corrected chi connectivity index (χ4v) is 3.12. The molecule has 3 nitrogen and oxygen atoms in total. The van der Waals surface area contributed by atoms with Crippen LogP contribution >= 0.6 is 15.9 Å². The Morgan fingerprint density at radius 2 is 2.28 bits per heavy atom. The Bertz CT molecular complexity index is 409. The molecule has 1 fully saturated rings. The third-order valence-corrected chi connectivity index (χ3v) is 4.18. The molecule has 0 saturated carbocycles. The van der Waals surface area contributed by atoms with E-state index in [2.05, 4.69) is 27.8 Å². The fraction of sp³-hybridized carbons (Fsp3) is 0.571. The van der Waals surface area contributed by atoms with Gasteiger partial charge in [-0.3, -0.25) is 4.90 Å². The molecule has 2 rings (SSSR count). The van der Waals surface area contributed by atoms with Gasteiger partial charge in [-0.1, -0.05) is 22.4 Å². The molecule has 1 aliphatic heterocycles. The Labute approximate surface area is 117 Å². The minimum atomic E-state index is 0.180. The average molecular weight is 313 g/mol. The molecule has 2 atom stereocenters. The van der Waals surface area contributed by atoms with Gasteiger partial charge in [0.25, 0.3) is 0 Å². The maximum Gasteiger partial charge on any atom is 0.120 e. The van der Waals surface area contributed by atoms with Gasteiger partial charge in [0.1, 0.15) is 5.75 Å².